The monoisotopic (exact) mass is 557 g/mol. The van der Waals surface area contributed by atoms with Gasteiger partial charge in [-0.1, -0.05) is 61.0 Å². The Labute approximate surface area is 243 Å². The van der Waals surface area contributed by atoms with Crippen LogP contribution in [0, 0.1) is 5.41 Å². The van der Waals surface area contributed by atoms with Crippen LogP contribution in [-0.2, 0) is 15.9 Å². The van der Waals surface area contributed by atoms with Crippen molar-refractivity contribution in [3.05, 3.63) is 82.4 Å². The van der Waals surface area contributed by atoms with Crippen LogP contribution in [0.15, 0.2) is 60.2 Å². The number of rotatable bonds is 4. The molecule has 41 heavy (non-hydrogen) atoms. The molecule has 5 aliphatic rings. The quantitative estimate of drug-likeness (QED) is 0.339. The van der Waals surface area contributed by atoms with Crippen LogP contribution < -0.4 is 0 Å². The highest BCUT2D eigenvalue weighted by Crippen LogP contribution is 2.61. The summed E-state index contributed by atoms with van der Waals surface area (Å²) >= 11 is 0. The lowest BCUT2D eigenvalue weighted by atomic mass is 9.64. The van der Waals surface area contributed by atoms with Crippen molar-refractivity contribution in [2.45, 2.75) is 95.4 Å². The van der Waals surface area contributed by atoms with Crippen LogP contribution in [0.25, 0.3) is 0 Å². The van der Waals surface area contributed by atoms with Gasteiger partial charge in [-0.25, -0.2) is 4.79 Å². The average molecular weight is 558 g/mol. The largest absolute Gasteiger partial charge is 0.440 e. The van der Waals surface area contributed by atoms with Crippen molar-refractivity contribution in [2.75, 3.05) is 19.7 Å². The number of aliphatic hydroxyl groups excluding tert-OH is 1. The van der Waals surface area contributed by atoms with Crippen molar-refractivity contribution in [1.29, 1.82) is 0 Å². The first-order chi connectivity index (χ1) is 19.8. The van der Waals surface area contributed by atoms with Crippen molar-refractivity contribution < 1.29 is 24.2 Å². The fourth-order valence-electron chi connectivity index (χ4n) is 7.90. The highest BCUT2D eigenvalue weighted by Gasteiger charge is 2.64. The molecule has 1 N–H and O–H groups in total. The summed E-state index contributed by atoms with van der Waals surface area (Å²) < 4.78 is 12.3. The third-order valence-electron chi connectivity index (χ3n) is 10.4. The minimum atomic E-state index is -0.617. The fourth-order valence-corrected chi connectivity index (χ4v) is 7.90. The van der Waals surface area contributed by atoms with Gasteiger partial charge in [-0.05, 0) is 87.8 Å². The zero-order chi connectivity index (χ0) is 28.6. The topological polar surface area (TPSA) is 76.1 Å². The summed E-state index contributed by atoms with van der Waals surface area (Å²) in [6, 6.07) is 15.7. The molecule has 2 saturated heterocycles. The molecule has 1 saturated carbocycles. The maximum absolute atomic E-state index is 14.0. The van der Waals surface area contributed by atoms with E-state index in [-0.39, 0.29) is 29.3 Å². The van der Waals surface area contributed by atoms with Crippen LogP contribution in [0.5, 0.6) is 0 Å². The molecule has 6 heteroatoms. The number of fused-ring (bicyclic) bond motifs is 8. The third-order valence-corrected chi connectivity index (χ3v) is 10.4. The lowest BCUT2D eigenvalue weighted by molar-refractivity contribution is -0.0374. The molecule has 2 aromatic carbocycles. The van der Waals surface area contributed by atoms with Crippen molar-refractivity contribution >= 4 is 11.9 Å². The SMILES string of the molecule is CC1=CCCC2(C)C(CCC23CN(CC2CCCO2)C(=O)O3)c2ccc(cc2C(=O)c2ccccc2)CC(O)CC1. The predicted octanol–water partition coefficient (Wildman–Crippen LogP) is 6.60. The lowest BCUT2D eigenvalue weighted by Crippen LogP contribution is -2.48. The molecule has 2 heterocycles. The van der Waals surface area contributed by atoms with E-state index >= 15 is 0 Å². The molecule has 7 rings (SSSR count). The van der Waals surface area contributed by atoms with E-state index in [2.05, 4.69) is 32.1 Å². The lowest BCUT2D eigenvalue weighted by Gasteiger charge is -2.43. The molecule has 5 unspecified atom stereocenters. The van der Waals surface area contributed by atoms with Crippen LogP contribution in [0.1, 0.15) is 98.2 Å². The zero-order valence-electron chi connectivity index (χ0n) is 24.4. The third kappa shape index (κ3) is 5.37. The first-order valence-electron chi connectivity index (χ1n) is 15.4. The number of carbonyl (C=O) groups is 2. The molecule has 6 nitrogen and oxygen atoms in total. The van der Waals surface area contributed by atoms with Crippen molar-refractivity contribution in [2.24, 2.45) is 5.41 Å². The second-order valence-corrected chi connectivity index (χ2v) is 13.0. The molecule has 5 atom stereocenters. The number of aliphatic hydroxyl groups is 1. The van der Waals surface area contributed by atoms with Crippen LogP contribution in [0.4, 0.5) is 4.79 Å². The van der Waals surface area contributed by atoms with Gasteiger partial charge >= 0.3 is 6.09 Å². The Bertz CT molecular complexity index is 1320. The Morgan fingerprint density at radius 2 is 1.93 bits per heavy atom. The van der Waals surface area contributed by atoms with Gasteiger partial charge in [0, 0.05) is 23.1 Å². The van der Waals surface area contributed by atoms with Crippen LogP contribution in [0.2, 0.25) is 0 Å². The number of nitrogens with zero attached hydrogens (tertiary/aromatic N) is 1. The minimum Gasteiger partial charge on any atom is -0.440 e. The number of ether oxygens (including phenoxy) is 2. The highest BCUT2D eigenvalue weighted by molar-refractivity contribution is 6.10. The second kappa shape index (κ2) is 11.4. The van der Waals surface area contributed by atoms with E-state index in [1.54, 1.807) is 0 Å². The van der Waals surface area contributed by atoms with Gasteiger partial charge in [-0.15, -0.1) is 0 Å². The standard InChI is InChI=1S/C35H43NO5/c1-24-8-6-17-34(2)31(16-18-35(34)23-36(33(39)41-35)22-28-11-7-19-40-28)29-15-13-25(20-27(37)14-12-24)21-30(29)32(38)26-9-4-3-5-10-26/h3-5,8-10,13,15,21,27-28,31,37H,6-7,11-12,14,16-20,22-23H2,1-2H3. The molecule has 3 fully saturated rings. The minimum absolute atomic E-state index is 0.00602. The van der Waals surface area contributed by atoms with E-state index in [1.807, 2.05) is 41.3 Å². The van der Waals surface area contributed by atoms with Crippen molar-refractivity contribution in [3.63, 3.8) is 0 Å². The number of hydrogen-bond donors (Lipinski definition) is 1. The molecule has 2 aromatic rings. The summed E-state index contributed by atoms with van der Waals surface area (Å²) in [6.45, 7) is 6.33. The number of hydrogen-bond acceptors (Lipinski definition) is 5. The highest BCUT2D eigenvalue weighted by atomic mass is 16.6. The van der Waals surface area contributed by atoms with Gasteiger partial charge in [-0.3, -0.25) is 4.79 Å². The molecule has 0 aromatic heterocycles. The van der Waals surface area contributed by atoms with Gasteiger partial charge < -0.3 is 19.5 Å². The number of ketones is 1. The van der Waals surface area contributed by atoms with Crippen LogP contribution in [-0.4, -0.2) is 59.4 Å². The van der Waals surface area contributed by atoms with Crippen molar-refractivity contribution in [3.8, 4) is 0 Å². The molecule has 1 spiro atoms. The Morgan fingerprint density at radius 3 is 2.71 bits per heavy atom. The first-order valence-corrected chi connectivity index (χ1v) is 15.4. The molecule has 0 radical (unpaired) electrons. The van der Waals surface area contributed by atoms with Crippen LogP contribution >= 0.6 is 0 Å². The van der Waals surface area contributed by atoms with Gasteiger partial charge in [-0.2, -0.15) is 0 Å². The van der Waals surface area contributed by atoms with Gasteiger partial charge in [0.15, 0.2) is 5.78 Å². The predicted molar refractivity (Wildman–Crippen MR) is 158 cm³/mol. The number of benzene rings is 2. The number of amides is 1. The molecule has 218 valence electrons. The molecule has 1 amide bonds. The zero-order valence-corrected chi connectivity index (χ0v) is 24.4. The van der Waals surface area contributed by atoms with E-state index in [4.69, 9.17) is 9.47 Å². The summed E-state index contributed by atoms with van der Waals surface area (Å²) in [7, 11) is 0. The van der Waals surface area contributed by atoms with E-state index in [0.29, 0.717) is 37.1 Å². The van der Waals surface area contributed by atoms with Crippen molar-refractivity contribution in [1.82, 2.24) is 4.90 Å². The first kappa shape index (κ1) is 28.2. The summed E-state index contributed by atoms with van der Waals surface area (Å²) in [5.74, 6) is 0.0581. The molecule has 2 bridgehead atoms. The normalized spacial score (nSPS) is 32.1. The smallest absolute Gasteiger partial charge is 0.410 e. The van der Waals surface area contributed by atoms with E-state index in [9.17, 15) is 14.7 Å². The summed E-state index contributed by atoms with van der Waals surface area (Å²) in [5, 5.41) is 10.8. The van der Waals surface area contributed by atoms with Gasteiger partial charge in [0.2, 0.25) is 0 Å². The van der Waals surface area contributed by atoms with Gasteiger partial charge in [0.25, 0.3) is 0 Å². The van der Waals surface area contributed by atoms with Gasteiger partial charge in [0.1, 0.15) is 5.60 Å². The van der Waals surface area contributed by atoms with E-state index in [0.717, 1.165) is 62.7 Å². The van der Waals surface area contributed by atoms with Crippen LogP contribution in [0.3, 0.4) is 0 Å². The Hall–Kier alpha value is -2.96. The van der Waals surface area contributed by atoms with E-state index < -0.39 is 11.7 Å². The second-order valence-electron chi connectivity index (χ2n) is 13.0. The number of allylic oxidation sites excluding steroid dienone is 2. The maximum atomic E-state index is 14.0. The molecule has 2 aliphatic heterocycles. The maximum Gasteiger partial charge on any atom is 0.410 e. The molecule has 3 aliphatic carbocycles. The summed E-state index contributed by atoms with van der Waals surface area (Å²) in [5.41, 5.74) is 3.68. The summed E-state index contributed by atoms with van der Waals surface area (Å²) in [4.78, 5) is 29.2. The Morgan fingerprint density at radius 1 is 1.10 bits per heavy atom. The van der Waals surface area contributed by atoms with E-state index in [1.165, 1.54) is 5.57 Å². The molecular formula is C35H43NO5. The summed E-state index contributed by atoms with van der Waals surface area (Å²) in [6.07, 6.45) is 9.06. The number of carbonyl (C=O) groups excluding carboxylic acids is 2. The molecular weight excluding hydrogens is 514 g/mol. The average Bonchev–Trinajstić information content (AvgIpc) is 3.66. The fraction of sp³-hybridized carbons (Fsp3) is 0.543. The Kier molecular flexibility index (Phi) is 7.82. The van der Waals surface area contributed by atoms with Gasteiger partial charge in [0.05, 0.1) is 25.3 Å². The Balaban J connectivity index is 1.42.